The molecule has 1 aliphatic carbocycles. The number of H-pyrrole nitrogens is 1. The summed E-state index contributed by atoms with van der Waals surface area (Å²) in [4.78, 5) is 13.0. The first-order valence-electron chi connectivity index (χ1n) is 9.23. The second-order valence-corrected chi connectivity index (χ2v) is 6.91. The van der Waals surface area contributed by atoms with Crippen LogP contribution in [0.25, 0.3) is 10.9 Å². The van der Waals surface area contributed by atoms with Crippen LogP contribution in [0, 0.1) is 0 Å². The quantitative estimate of drug-likeness (QED) is 0.430. The number of nitrogens with two attached hydrogens (primary N) is 2. The first kappa shape index (κ1) is 16.5. The highest BCUT2D eigenvalue weighted by Crippen LogP contribution is 2.31. The van der Waals surface area contributed by atoms with E-state index < -0.39 is 0 Å². The summed E-state index contributed by atoms with van der Waals surface area (Å²) in [5, 5.41) is 0.963. The molecule has 1 aliphatic rings. The molecule has 0 aliphatic heterocycles. The number of aromatic nitrogens is 2. The molecule has 0 radical (unpaired) electrons. The lowest BCUT2D eigenvalue weighted by atomic mass is 9.88. The third-order valence-electron chi connectivity index (χ3n) is 5.11. The Labute approximate surface area is 153 Å². The number of aliphatic imine (C=N–C) groups is 1. The van der Waals surface area contributed by atoms with Crippen LogP contribution in [0.4, 0.5) is 11.5 Å². The molecule has 26 heavy (non-hydrogen) atoms. The molecule has 3 aromatic rings. The number of amidine groups is 1. The van der Waals surface area contributed by atoms with Gasteiger partial charge in [0.1, 0.15) is 0 Å². The average Bonchev–Trinajstić information content (AvgIpc) is 2.69. The molecule has 0 spiro atoms. The number of aromatic amines is 1. The zero-order chi connectivity index (χ0) is 17.9. The predicted molar refractivity (Wildman–Crippen MR) is 105 cm³/mol. The lowest BCUT2D eigenvalue weighted by Gasteiger charge is -2.18. The van der Waals surface area contributed by atoms with Crippen molar-refractivity contribution in [3.05, 3.63) is 59.9 Å². The van der Waals surface area contributed by atoms with E-state index in [4.69, 9.17) is 21.4 Å². The van der Waals surface area contributed by atoms with Gasteiger partial charge in [-0.15, -0.1) is 4.98 Å². The fourth-order valence-corrected chi connectivity index (χ4v) is 3.69. The Hall–Kier alpha value is -2.95. The molecule has 132 valence electrons. The minimum Gasteiger partial charge on any atom is -0.398 e. The fourth-order valence-electron chi connectivity index (χ4n) is 3.69. The molecule has 1 saturated carbocycles. The van der Waals surface area contributed by atoms with Gasteiger partial charge in [-0.1, -0.05) is 48.5 Å². The molecule has 1 fully saturated rings. The van der Waals surface area contributed by atoms with E-state index in [0.29, 0.717) is 17.4 Å². The van der Waals surface area contributed by atoms with Crippen LogP contribution in [0.3, 0.4) is 0 Å². The molecule has 2 aromatic carbocycles. The van der Waals surface area contributed by atoms with Gasteiger partial charge in [0.2, 0.25) is 11.7 Å². The average molecular weight is 346 g/mol. The van der Waals surface area contributed by atoms with Gasteiger partial charge in [0.15, 0.2) is 5.52 Å². The van der Waals surface area contributed by atoms with E-state index in [-0.39, 0.29) is 0 Å². The van der Waals surface area contributed by atoms with Gasteiger partial charge in [-0.3, -0.25) is 0 Å². The van der Waals surface area contributed by atoms with Crippen molar-refractivity contribution in [2.24, 2.45) is 10.7 Å². The zero-order valence-electron chi connectivity index (χ0n) is 14.8. The minimum absolute atomic E-state index is 0.408. The molecule has 1 aromatic heterocycles. The smallest absolute Gasteiger partial charge is 0.273 e. The fraction of sp³-hybridized carbons (Fsp3) is 0.286. The predicted octanol–water partition coefficient (Wildman–Crippen LogP) is 3.72. The number of nitrogens with one attached hydrogen (secondary N) is 1. The van der Waals surface area contributed by atoms with Crippen molar-refractivity contribution in [3.63, 3.8) is 0 Å². The maximum atomic E-state index is 6.28. The van der Waals surface area contributed by atoms with E-state index in [1.807, 2.05) is 48.5 Å². The molecule has 0 atom stereocenters. The summed E-state index contributed by atoms with van der Waals surface area (Å²) in [5.74, 6) is 2.63. The Morgan fingerprint density at radius 2 is 1.73 bits per heavy atom. The van der Waals surface area contributed by atoms with Crippen LogP contribution in [0.15, 0.2) is 53.5 Å². The van der Waals surface area contributed by atoms with Crippen molar-refractivity contribution in [2.45, 2.75) is 38.0 Å². The second kappa shape index (κ2) is 7.12. The number of hydrogen-bond acceptors (Lipinski definition) is 3. The number of hydrogen-bond donors (Lipinski definition) is 2. The summed E-state index contributed by atoms with van der Waals surface area (Å²) in [7, 11) is 0. The SMILES string of the molecule is NC(=Nc1[nH+]c(C2CCCCC2)nc2ccccc12)c1ccccc1N. The summed E-state index contributed by atoms with van der Waals surface area (Å²) < 4.78 is 0. The topological polar surface area (TPSA) is 91.4 Å². The van der Waals surface area contributed by atoms with E-state index in [0.717, 1.165) is 28.1 Å². The van der Waals surface area contributed by atoms with Gasteiger partial charge < -0.3 is 11.5 Å². The largest absolute Gasteiger partial charge is 0.398 e. The molecule has 4 rings (SSSR count). The molecule has 0 saturated heterocycles. The third kappa shape index (κ3) is 3.25. The van der Waals surface area contributed by atoms with Gasteiger partial charge in [-0.05, 0) is 37.1 Å². The van der Waals surface area contributed by atoms with E-state index in [2.05, 4.69) is 4.98 Å². The van der Waals surface area contributed by atoms with Crippen LogP contribution in [-0.2, 0) is 0 Å². The van der Waals surface area contributed by atoms with E-state index in [1.165, 1.54) is 32.1 Å². The Morgan fingerprint density at radius 3 is 2.54 bits per heavy atom. The maximum absolute atomic E-state index is 6.28. The van der Waals surface area contributed by atoms with Gasteiger partial charge in [-0.2, -0.15) is 0 Å². The zero-order valence-corrected chi connectivity index (χ0v) is 14.8. The third-order valence-corrected chi connectivity index (χ3v) is 5.11. The van der Waals surface area contributed by atoms with Gasteiger partial charge in [0.25, 0.3) is 5.82 Å². The summed E-state index contributed by atoms with van der Waals surface area (Å²) in [6.07, 6.45) is 6.18. The van der Waals surface area contributed by atoms with Gasteiger partial charge in [0.05, 0.1) is 10.9 Å². The lowest BCUT2D eigenvalue weighted by Crippen LogP contribution is -2.22. The Kier molecular flexibility index (Phi) is 4.52. The highest BCUT2D eigenvalue weighted by atomic mass is 15.0. The number of nitrogens with zero attached hydrogens (tertiary/aromatic N) is 2. The Bertz CT molecular complexity index is 958. The standard InChI is InChI=1S/C21H23N5/c22-17-12-6-4-10-15(17)19(23)25-21-16-11-5-7-13-18(16)24-20(26-21)14-8-2-1-3-9-14/h4-7,10-14H,1-3,8-9,22H2,(H2,23,24,25,26)/p+1. The highest BCUT2D eigenvalue weighted by Gasteiger charge is 2.24. The van der Waals surface area contributed by atoms with Crippen LogP contribution in [0.2, 0.25) is 0 Å². The monoisotopic (exact) mass is 346 g/mol. The van der Waals surface area contributed by atoms with Crippen LogP contribution < -0.4 is 16.5 Å². The molecule has 5 heteroatoms. The van der Waals surface area contributed by atoms with Crippen LogP contribution in [0.1, 0.15) is 49.4 Å². The van der Waals surface area contributed by atoms with Crippen molar-refractivity contribution in [1.82, 2.24) is 4.98 Å². The molecular weight excluding hydrogens is 322 g/mol. The number of para-hydroxylation sites is 2. The Balaban J connectivity index is 1.82. The molecule has 0 amide bonds. The van der Waals surface area contributed by atoms with E-state index in [1.54, 1.807) is 0 Å². The molecule has 5 nitrogen and oxygen atoms in total. The van der Waals surface area contributed by atoms with E-state index in [9.17, 15) is 0 Å². The second-order valence-electron chi connectivity index (χ2n) is 6.91. The number of rotatable bonds is 3. The molecular formula is C21H24N5+. The van der Waals surface area contributed by atoms with Crippen LogP contribution >= 0.6 is 0 Å². The number of benzene rings is 2. The van der Waals surface area contributed by atoms with Gasteiger partial charge in [0, 0.05) is 11.6 Å². The lowest BCUT2D eigenvalue weighted by molar-refractivity contribution is -0.382. The van der Waals surface area contributed by atoms with Gasteiger partial charge >= 0.3 is 0 Å². The highest BCUT2D eigenvalue weighted by molar-refractivity contribution is 6.04. The summed E-state index contributed by atoms with van der Waals surface area (Å²) in [6, 6.07) is 15.6. The van der Waals surface area contributed by atoms with Gasteiger partial charge in [-0.25, -0.2) is 4.98 Å². The van der Waals surface area contributed by atoms with E-state index >= 15 is 0 Å². The van der Waals surface area contributed by atoms with Crippen molar-refractivity contribution < 1.29 is 4.98 Å². The summed E-state index contributed by atoms with van der Waals surface area (Å²) in [6.45, 7) is 0. The van der Waals surface area contributed by atoms with Crippen molar-refractivity contribution in [3.8, 4) is 0 Å². The molecule has 5 N–H and O–H groups in total. The molecule has 0 bridgehead atoms. The first-order chi connectivity index (χ1) is 12.7. The first-order valence-corrected chi connectivity index (χ1v) is 9.23. The van der Waals surface area contributed by atoms with Crippen molar-refractivity contribution >= 4 is 28.2 Å². The normalized spacial score (nSPS) is 16.1. The number of anilines is 1. The maximum Gasteiger partial charge on any atom is 0.273 e. The van der Waals surface area contributed by atoms with Crippen LogP contribution in [-0.4, -0.2) is 10.8 Å². The summed E-state index contributed by atoms with van der Waals surface area (Å²) in [5.41, 5.74) is 14.6. The number of fused-ring (bicyclic) bond motifs is 1. The summed E-state index contributed by atoms with van der Waals surface area (Å²) >= 11 is 0. The number of nitrogen functional groups attached to an aromatic ring is 1. The molecule has 0 unspecified atom stereocenters. The van der Waals surface area contributed by atoms with Crippen molar-refractivity contribution in [1.29, 1.82) is 0 Å². The molecule has 1 heterocycles. The van der Waals surface area contributed by atoms with Crippen LogP contribution in [0.5, 0.6) is 0 Å². The minimum atomic E-state index is 0.408. The Morgan fingerprint density at radius 1 is 1.00 bits per heavy atom. The van der Waals surface area contributed by atoms with Crippen molar-refractivity contribution in [2.75, 3.05) is 5.73 Å².